The highest BCUT2D eigenvalue weighted by Crippen LogP contribution is 2.24. The van der Waals surface area contributed by atoms with Crippen molar-refractivity contribution in [2.75, 3.05) is 18.5 Å². The Morgan fingerprint density at radius 2 is 1.88 bits per heavy atom. The number of benzene rings is 1. The Kier molecular flexibility index (Phi) is 3.74. The maximum Gasteiger partial charge on any atom is 0.137 e. The fourth-order valence-corrected chi connectivity index (χ4v) is 1.78. The van der Waals surface area contributed by atoms with Crippen LogP contribution < -0.4 is 4.90 Å². The molecule has 16 heavy (non-hydrogen) atoms. The molecule has 1 aromatic rings. The van der Waals surface area contributed by atoms with E-state index in [1.165, 1.54) is 11.3 Å². The van der Waals surface area contributed by atoms with Crippen molar-refractivity contribution >= 4 is 11.5 Å². The number of carbonyl (C=O) groups excluding carboxylic acids is 1. The zero-order chi connectivity index (χ0) is 12.3. The number of rotatable bonds is 4. The summed E-state index contributed by atoms with van der Waals surface area (Å²) in [4.78, 5) is 13.6. The molecule has 0 saturated carbocycles. The third-order valence-electron chi connectivity index (χ3n) is 3.11. The van der Waals surface area contributed by atoms with Crippen molar-refractivity contribution in [3.8, 4) is 0 Å². The van der Waals surface area contributed by atoms with Crippen LogP contribution >= 0.6 is 0 Å². The van der Waals surface area contributed by atoms with E-state index in [4.69, 9.17) is 0 Å². The highest BCUT2D eigenvalue weighted by molar-refractivity contribution is 5.82. The molecule has 88 valence electrons. The van der Waals surface area contributed by atoms with Gasteiger partial charge in [0.25, 0.3) is 0 Å². The van der Waals surface area contributed by atoms with Crippen molar-refractivity contribution in [2.24, 2.45) is 5.41 Å². The molecule has 0 unspecified atom stereocenters. The fraction of sp³-hybridized carbons (Fsp3) is 0.500. The van der Waals surface area contributed by atoms with Crippen molar-refractivity contribution in [2.45, 2.75) is 27.7 Å². The van der Waals surface area contributed by atoms with Gasteiger partial charge in [-0.15, -0.1) is 0 Å². The quantitative estimate of drug-likeness (QED) is 0.775. The molecule has 0 fully saturated rings. The van der Waals surface area contributed by atoms with E-state index in [2.05, 4.69) is 24.0 Å². The molecule has 0 aliphatic heterocycles. The van der Waals surface area contributed by atoms with Crippen molar-refractivity contribution in [1.82, 2.24) is 0 Å². The van der Waals surface area contributed by atoms with Crippen molar-refractivity contribution in [1.29, 1.82) is 0 Å². The molecule has 0 spiro atoms. The SMILES string of the molecule is CC(=O)C(C)(C)CN(C)c1ccccc1C. The minimum atomic E-state index is -0.295. The molecule has 0 radical (unpaired) electrons. The van der Waals surface area contributed by atoms with Gasteiger partial charge >= 0.3 is 0 Å². The number of anilines is 1. The van der Waals surface area contributed by atoms with Crippen molar-refractivity contribution < 1.29 is 4.79 Å². The molecule has 0 aliphatic rings. The Morgan fingerprint density at radius 3 is 2.38 bits per heavy atom. The van der Waals surface area contributed by atoms with Gasteiger partial charge in [-0.1, -0.05) is 32.0 Å². The molecule has 0 aliphatic carbocycles. The van der Waals surface area contributed by atoms with Gasteiger partial charge in [0.2, 0.25) is 0 Å². The summed E-state index contributed by atoms with van der Waals surface area (Å²) in [5, 5.41) is 0. The number of carbonyl (C=O) groups is 1. The van der Waals surface area contributed by atoms with Crippen LogP contribution in [0, 0.1) is 12.3 Å². The Bertz CT molecular complexity index is 382. The predicted molar refractivity (Wildman–Crippen MR) is 68.9 cm³/mol. The normalized spacial score (nSPS) is 11.3. The smallest absolute Gasteiger partial charge is 0.137 e. The van der Waals surface area contributed by atoms with E-state index in [1.807, 2.05) is 33.0 Å². The lowest BCUT2D eigenvalue weighted by atomic mass is 9.88. The van der Waals surface area contributed by atoms with Gasteiger partial charge in [-0.25, -0.2) is 0 Å². The van der Waals surface area contributed by atoms with Crippen LogP contribution in [0.2, 0.25) is 0 Å². The van der Waals surface area contributed by atoms with Gasteiger partial charge in [0, 0.05) is 24.7 Å². The second kappa shape index (κ2) is 4.69. The number of ketones is 1. The van der Waals surface area contributed by atoms with Crippen LogP contribution in [-0.4, -0.2) is 19.4 Å². The second-order valence-electron chi connectivity index (χ2n) is 5.08. The molecular weight excluding hydrogens is 198 g/mol. The number of para-hydroxylation sites is 1. The van der Waals surface area contributed by atoms with Crippen LogP contribution in [0.1, 0.15) is 26.3 Å². The number of hydrogen-bond donors (Lipinski definition) is 0. The van der Waals surface area contributed by atoms with E-state index in [-0.39, 0.29) is 11.2 Å². The third-order valence-corrected chi connectivity index (χ3v) is 3.11. The maximum atomic E-state index is 11.5. The van der Waals surface area contributed by atoms with Gasteiger partial charge in [0.1, 0.15) is 5.78 Å². The number of aryl methyl sites for hydroxylation is 1. The van der Waals surface area contributed by atoms with Crippen LogP contribution in [0.5, 0.6) is 0 Å². The number of Topliss-reactive ketones (excluding diaryl/α,β-unsaturated/α-hetero) is 1. The average Bonchev–Trinajstić information content (AvgIpc) is 2.17. The molecule has 2 nitrogen and oxygen atoms in total. The summed E-state index contributed by atoms with van der Waals surface area (Å²) < 4.78 is 0. The lowest BCUT2D eigenvalue weighted by Crippen LogP contribution is -2.36. The predicted octanol–water partition coefficient (Wildman–Crippen LogP) is 3.05. The Balaban J connectivity index is 2.85. The van der Waals surface area contributed by atoms with E-state index in [1.54, 1.807) is 6.92 Å². The second-order valence-corrected chi connectivity index (χ2v) is 5.08. The Hall–Kier alpha value is -1.31. The zero-order valence-electron chi connectivity index (χ0n) is 10.9. The first-order valence-electron chi connectivity index (χ1n) is 5.62. The Morgan fingerprint density at radius 1 is 1.31 bits per heavy atom. The zero-order valence-corrected chi connectivity index (χ0v) is 10.9. The molecule has 0 bridgehead atoms. The number of nitrogens with zero attached hydrogens (tertiary/aromatic N) is 1. The minimum absolute atomic E-state index is 0.230. The topological polar surface area (TPSA) is 20.3 Å². The van der Waals surface area contributed by atoms with Gasteiger partial charge in [0.05, 0.1) is 0 Å². The standard InChI is InChI=1S/C14H21NO/c1-11-8-6-7-9-13(11)15(5)10-14(3,4)12(2)16/h6-9H,10H2,1-5H3. The summed E-state index contributed by atoms with van der Waals surface area (Å²) in [7, 11) is 2.03. The van der Waals surface area contributed by atoms with Gasteiger partial charge in [-0.3, -0.25) is 4.79 Å². The molecule has 0 N–H and O–H groups in total. The molecule has 2 heteroatoms. The van der Waals surface area contributed by atoms with Gasteiger partial charge in [-0.05, 0) is 25.5 Å². The van der Waals surface area contributed by atoms with E-state index in [0.717, 1.165) is 6.54 Å². The Labute approximate surface area is 98.3 Å². The summed E-state index contributed by atoms with van der Waals surface area (Å²) in [6.07, 6.45) is 0. The molecule has 1 aromatic carbocycles. The van der Waals surface area contributed by atoms with Crippen LogP contribution in [0.3, 0.4) is 0 Å². The summed E-state index contributed by atoms with van der Waals surface area (Å²) in [5.74, 6) is 0.230. The van der Waals surface area contributed by atoms with Crippen molar-refractivity contribution in [3.63, 3.8) is 0 Å². The van der Waals surface area contributed by atoms with Crippen LogP contribution in [-0.2, 0) is 4.79 Å². The van der Waals surface area contributed by atoms with Gasteiger partial charge in [-0.2, -0.15) is 0 Å². The lowest BCUT2D eigenvalue weighted by Gasteiger charge is -2.30. The van der Waals surface area contributed by atoms with Crippen LogP contribution in [0.4, 0.5) is 5.69 Å². The lowest BCUT2D eigenvalue weighted by molar-refractivity contribution is -0.124. The first kappa shape index (κ1) is 12.8. The maximum absolute atomic E-state index is 11.5. The minimum Gasteiger partial charge on any atom is -0.373 e. The van der Waals surface area contributed by atoms with Crippen LogP contribution in [0.25, 0.3) is 0 Å². The van der Waals surface area contributed by atoms with Gasteiger partial charge < -0.3 is 4.90 Å². The molecule has 0 saturated heterocycles. The van der Waals surface area contributed by atoms with Gasteiger partial charge in [0.15, 0.2) is 0 Å². The van der Waals surface area contributed by atoms with E-state index in [0.29, 0.717) is 0 Å². The highest BCUT2D eigenvalue weighted by Gasteiger charge is 2.25. The largest absolute Gasteiger partial charge is 0.373 e. The summed E-state index contributed by atoms with van der Waals surface area (Å²) in [6.45, 7) is 8.47. The van der Waals surface area contributed by atoms with E-state index < -0.39 is 0 Å². The molecule has 0 atom stereocenters. The summed E-state index contributed by atoms with van der Waals surface area (Å²) >= 11 is 0. The first-order valence-corrected chi connectivity index (χ1v) is 5.62. The number of hydrogen-bond acceptors (Lipinski definition) is 2. The highest BCUT2D eigenvalue weighted by atomic mass is 16.1. The van der Waals surface area contributed by atoms with Crippen molar-refractivity contribution in [3.05, 3.63) is 29.8 Å². The van der Waals surface area contributed by atoms with E-state index >= 15 is 0 Å². The van der Waals surface area contributed by atoms with Crippen LogP contribution in [0.15, 0.2) is 24.3 Å². The molecule has 0 aromatic heterocycles. The molecule has 0 amide bonds. The molecular formula is C14H21NO. The first-order chi connectivity index (χ1) is 7.34. The molecule has 0 heterocycles. The summed E-state index contributed by atoms with van der Waals surface area (Å²) in [5.41, 5.74) is 2.14. The van der Waals surface area contributed by atoms with E-state index in [9.17, 15) is 4.79 Å². The average molecular weight is 219 g/mol. The molecule has 1 rings (SSSR count). The summed E-state index contributed by atoms with van der Waals surface area (Å²) in [6, 6.07) is 8.24. The third kappa shape index (κ3) is 2.84. The fourth-order valence-electron chi connectivity index (χ4n) is 1.78. The monoisotopic (exact) mass is 219 g/mol.